The number of carboxylic acids is 1. The van der Waals surface area contributed by atoms with Gasteiger partial charge in [0.25, 0.3) is 0 Å². The van der Waals surface area contributed by atoms with Crippen LogP contribution in [0.15, 0.2) is 24.8 Å². The molecule has 0 aliphatic carbocycles. The smallest absolute Gasteiger partial charge is 0.348 e. The van der Waals surface area contributed by atoms with Crippen molar-refractivity contribution < 1.29 is 24.5 Å². The Labute approximate surface area is 177 Å². The van der Waals surface area contributed by atoms with E-state index in [1.807, 2.05) is 0 Å². The van der Waals surface area contributed by atoms with Crippen LogP contribution in [0.2, 0.25) is 0 Å². The van der Waals surface area contributed by atoms with E-state index >= 15 is 0 Å². The van der Waals surface area contributed by atoms with E-state index in [2.05, 4.69) is 25.7 Å². The largest absolute Gasteiger partial charge is 0.478 e. The monoisotopic (exact) mass is 410 g/mol. The molecule has 0 radical (unpaired) electrons. The number of esters is 1. The SMILES string of the molecule is C=CC(=O)OC(CCCCCC/C=C\CCCCCCCC)(CC(C)O)C(=O)O. The van der Waals surface area contributed by atoms with E-state index in [9.17, 15) is 19.8 Å². The Morgan fingerprint density at radius 3 is 1.97 bits per heavy atom. The Morgan fingerprint density at radius 1 is 0.966 bits per heavy atom. The summed E-state index contributed by atoms with van der Waals surface area (Å²) in [6, 6.07) is 0. The molecule has 5 nitrogen and oxygen atoms in total. The summed E-state index contributed by atoms with van der Waals surface area (Å²) < 4.78 is 5.15. The van der Waals surface area contributed by atoms with Gasteiger partial charge in [0, 0.05) is 12.5 Å². The first-order valence-corrected chi connectivity index (χ1v) is 11.3. The second-order valence-corrected chi connectivity index (χ2v) is 7.96. The van der Waals surface area contributed by atoms with Crippen LogP contribution in [0, 0.1) is 0 Å². The summed E-state index contributed by atoms with van der Waals surface area (Å²) in [5, 5.41) is 19.2. The van der Waals surface area contributed by atoms with Gasteiger partial charge in [-0.05, 0) is 45.4 Å². The molecule has 168 valence electrons. The number of carboxylic acid groups (broad SMARTS) is 1. The zero-order valence-electron chi connectivity index (χ0n) is 18.5. The van der Waals surface area contributed by atoms with E-state index in [1.165, 1.54) is 45.4 Å². The van der Waals surface area contributed by atoms with Crippen molar-refractivity contribution in [2.24, 2.45) is 0 Å². The Balaban J connectivity index is 4.05. The van der Waals surface area contributed by atoms with Crippen LogP contribution in [0.3, 0.4) is 0 Å². The predicted molar refractivity (Wildman–Crippen MR) is 118 cm³/mol. The third-order valence-electron chi connectivity index (χ3n) is 5.07. The molecule has 0 heterocycles. The number of carbonyl (C=O) groups is 2. The number of aliphatic carboxylic acids is 1. The van der Waals surface area contributed by atoms with Crippen molar-refractivity contribution >= 4 is 11.9 Å². The first-order valence-electron chi connectivity index (χ1n) is 11.3. The molecule has 0 aliphatic heterocycles. The van der Waals surface area contributed by atoms with Crippen molar-refractivity contribution in [2.75, 3.05) is 0 Å². The molecule has 0 bridgehead atoms. The fraction of sp³-hybridized carbons (Fsp3) is 0.750. The molecule has 2 atom stereocenters. The minimum Gasteiger partial charge on any atom is -0.478 e. The van der Waals surface area contributed by atoms with Crippen LogP contribution >= 0.6 is 0 Å². The van der Waals surface area contributed by atoms with Gasteiger partial charge in [-0.15, -0.1) is 0 Å². The fourth-order valence-corrected chi connectivity index (χ4v) is 3.45. The molecular formula is C24H42O5. The van der Waals surface area contributed by atoms with E-state index in [0.717, 1.165) is 38.2 Å². The third-order valence-corrected chi connectivity index (χ3v) is 5.07. The number of aliphatic hydroxyl groups is 1. The number of ether oxygens (including phenoxy) is 1. The molecule has 0 saturated heterocycles. The van der Waals surface area contributed by atoms with Crippen molar-refractivity contribution in [3.8, 4) is 0 Å². The van der Waals surface area contributed by atoms with Gasteiger partial charge >= 0.3 is 11.9 Å². The van der Waals surface area contributed by atoms with Crippen LogP contribution in [0.1, 0.15) is 104 Å². The maximum absolute atomic E-state index is 11.7. The highest BCUT2D eigenvalue weighted by atomic mass is 16.6. The average Bonchev–Trinajstić information content (AvgIpc) is 2.67. The van der Waals surface area contributed by atoms with Gasteiger partial charge in [-0.2, -0.15) is 0 Å². The minimum atomic E-state index is -1.68. The van der Waals surface area contributed by atoms with Gasteiger partial charge in [0.15, 0.2) is 0 Å². The first kappa shape index (κ1) is 27.4. The number of carbonyl (C=O) groups excluding carboxylic acids is 1. The number of hydrogen-bond donors (Lipinski definition) is 2. The van der Waals surface area contributed by atoms with E-state index in [4.69, 9.17) is 4.74 Å². The maximum Gasteiger partial charge on any atom is 0.348 e. The van der Waals surface area contributed by atoms with Crippen molar-refractivity contribution in [2.45, 2.75) is 115 Å². The topological polar surface area (TPSA) is 83.8 Å². The first-order chi connectivity index (χ1) is 13.9. The molecule has 0 aromatic rings. The molecule has 0 spiro atoms. The summed E-state index contributed by atoms with van der Waals surface area (Å²) in [6.07, 6.45) is 18.3. The van der Waals surface area contributed by atoms with Crippen LogP contribution in [-0.4, -0.2) is 33.9 Å². The lowest BCUT2D eigenvalue weighted by Gasteiger charge is -2.30. The van der Waals surface area contributed by atoms with Gasteiger partial charge in [0.1, 0.15) is 0 Å². The summed E-state index contributed by atoms with van der Waals surface area (Å²) in [7, 11) is 0. The molecule has 0 saturated carbocycles. The lowest BCUT2D eigenvalue weighted by atomic mass is 9.89. The zero-order valence-corrected chi connectivity index (χ0v) is 18.5. The lowest BCUT2D eigenvalue weighted by molar-refractivity contribution is -0.180. The molecule has 0 amide bonds. The Hall–Kier alpha value is -1.62. The quantitative estimate of drug-likeness (QED) is 0.119. The summed E-state index contributed by atoms with van der Waals surface area (Å²) >= 11 is 0. The molecule has 5 heteroatoms. The van der Waals surface area contributed by atoms with E-state index in [-0.39, 0.29) is 12.8 Å². The molecule has 0 rings (SSSR count). The Bertz CT molecular complexity index is 484. The van der Waals surface area contributed by atoms with Crippen LogP contribution in [0.4, 0.5) is 0 Å². The normalized spacial score (nSPS) is 14.4. The van der Waals surface area contributed by atoms with Gasteiger partial charge in [-0.1, -0.05) is 70.6 Å². The summed E-state index contributed by atoms with van der Waals surface area (Å²) in [5.41, 5.74) is -1.68. The molecule has 2 unspecified atom stereocenters. The standard InChI is InChI=1S/C24H42O5/c1-4-6-7-8-9-10-11-12-13-14-15-16-17-18-19-24(23(27)28,20-21(3)25)29-22(26)5-2/h5,12-13,21,25H,2,4,6-11,14-20H2,1,3H3,(H,27,28)/b13-12-. The number of rotatable bonds is 19. The van der Waals surface area contributed by atoms with Crippen molar-refractivity contribution in [1.82, 2.24) is 0 Å². The predicted octanol–water partition coefficient (Wildman–Crippen LogP) is 5.96. The number of hydrogen-bond acceptors (Lipinski definition) is 4. The number of allylic oxidation sites excluding steroid dienone is 2. The molecule has 29 heavy (non-hydrogen) atoms. The van der Waals surface area contributed by atoms with Gasteiger partial charge in [0.05, 0.1) is 6.10 Å². The van der Waals surface area contributed by atoms with Crippen molar-refractivity contribution in [1.29, 1.82) is 0 Å². The average molecular weight is 411 g/mol. The van der Waals surface area contributed by atoms with Crippen LogP contribution in [0.25, 0.3) is 0 Å². The van der Waals surface area contributed by atoms with E-state index < -0.39 is 23.6 Å². The second-order valence-electron chi connectivity index (χ2n) is 7.96. The molecular weight excluding hydrogens is 368 g/mol. The summed E-state index contributed by atoms with van der Waals surface area (Å²) in [6.45, 7) is 7.05. The zero-order chi connectivity index (χ0) is 22.0. The number of unbranched alkanes of at least 4 members (excludes halogenated alkanes) is 10. The number of aliphatic hydroxyl groups excluding tert-OH is 1. The second kappa shape index (κ2) is 17.3. The Kier molecular flexibility index (Phi) is 16.3. The fourth-order valence-electron chi connectivity index (χ4n) is 3.45. The lowest BCUT2D eigenvalue weighted by Crippen LogP contribution is -2.45. The van der Waals surface area contributed by atoms with Crippen LogP contribution in [-0.2, 0) is 14.3 Å². The van der Waals surface area contributed by atoms with Crippen molar-refractivity contribution in [3.05, 3.63) is 24.8 Å². The van der Waals surface area contributed by atoms with Gasteiger partial charge in [-0.3, -0.25) is 0 Å². The highest BCUT2D eigenvalue weighted by molar-refractivity contribution is 5.86. The highest BCUT2D eigenvalue weighted by Crippen LogP contribution is 2.27. The third kappa shape index (κ3) is 14.1. The molecule has 0 aromatic heterocycles. The van der Waals surface area contributed by atoms with E-state index in [0.29, 0.717) is 6.42 Å². The van der Waals surface area contributed by atoms with Crippen LogP contribution in [0.5, 0.6) is 0 Å². The van der Waals surface area contributed by atoms with Gasteiger partial charge in [0.2, 0.25) is 5.60 Å². The van der Waals surface area contributed by atoms with E-state index in [1.54, 1.807) is 0 Å². The molecule has 0 aromatic carbocycles. The van der Waals surface area contributed by atoms with Crippen LogP contribution < -0.4 is 0 Å². The Morgan fingerprint density at radius 2 is 1.48 bits per heavy atom. The maximum atomic E-state index is 11.7. The summed E-state index contributed by atoms with van der Waals surface area (Å²) in [4.78, 5) is 23.3. The van der Waals surface area contributed by atoms with Crippen molar-refractivity contribution in [3.63, 3.8) is 0 Å². The van der Waals surface area contributed by atoms with Gasteiger partial charge in [-0.25, -0.2) is 9.59 Å². The minimum absolute atomic E-state index is 0.122. The molecule has 2 N–H and O–H groups in total. The highest BCUT2D eigenvalue weighted by Gasteiger charge is 2.42. The molecule has 0 fully saturated rings. The molecule has 0 aliphatic rings. The van der Waals surface area contributed by atoms with Gasteiger partial charge < -0.3 is 14.9 Å². The summed E-state index contributed by atoms with van der Waals surface area (Å²) in [5.74, 6) is -1.99.